The first-order valence-electron chi connectivity index (χ1n) is 4.78. The molecule has 0 fully saturated rings. The van der Waals surface area contributed by atoms with Crippen LogP contribution in [-0.4, -0.2) is 35.1 Å². The minimum atomic E-state index is -0.530. The van der Waals surface area contributed by atoms with Crippen molar-refractivity contribution in [3.63, 3.8) is 0 Å². The van der Waals surface area contributed by atoms with E-state index in [-0.39, 0.29) is 28.3 Å². The molecule has 0 aliphatic heterocycles. The molecule has 2 N–H and O–H groups in total. The van der Waals surface area contributed by atoms with E-state index in [1.807, 2.05) is 0 Å². The molecule has 92 valence electrons. The Balaban J connectivity index is 2.64. The van der Waals surface area contributed by atoms with Crippen LogP contribution in [0.5, 0.6) is 0 Å². The second kappa shape index (κ2) is 6.36. The van der Waals surface area contributed by atoms with Crippen molar-refractivity contribution in [2.75, 3.05) is 13.1 Å². The Morgan fingerprint density at radius 3 is 2.65 bits per heavy atom. The van der Waals surface area contributed by atoms with Gasteiger partial charge >= 0.3 is 0 Å². The van der Waals surface area contributed by atoms with Gasteiger partial charge in [-0.25, -0.2) is 0 Å². The zero-order valence-electron chi connectivity index (χ0n) is 8.96. The number of amides is 2. The van der Waals surface area contributed by atoms with Crippen molar-refractivity contribution in [2.45, 2.75) is 6.92 Å². The maximum absolute atomic E-state index is 11.6. The van der Waals surface area contributed by atoms with Gasteiger partial charge in [0.05, 0.1) is 12.1 Å². The van der Waals surface area contributed by atoms with Crippen molar-refractivity contribution in [1.29, 1.82) is 0 Å². The fourth-order valence-electron chi connectivity index (χ4n) is 1.03. The summed E-state index contributed by atoms with van der Waals surface area (Å²) in [5, 5.41) is 11.9. The summed E-state index contributed by atoms with van der Waals surface area (Å²) in [5.41, 5.74) is 0.0796. The van der Waals surface area contributed by atoms with Gasteiger partial charge in [0.15, 0.2) is 10.3 Å². The first kappa shape index (κ1) is 13.7. The van der Waals surface area contributed by atoms with Crippen molar-refractivity contribution in [3.8, 4) is 0 Å². The van der Waals surface area contributed by atoms with E-state index in [1.165, 1.54) is 6.07 Å². The Morgan fingerprint density at radius 2 is 2.00 bits per heavy atom. The molecule has 0 saturated heterocycles. The summed E-state index contributed by atoms with van der Waals surface area (Å²) in [4.78, 5) is 22.7. The van der Waals surface area contributed by atoms with Gasteiger partial charge in [0, 0.05) is 6.54 Å². The zero-order chi connectivity index (χ0) is 12.8. The van der Waals surface area contributed by atoms with E-state index < -0.39 is 5.91 Å². The van der Waals surface area contributed by atoms with Crippen molar-refractivity contribution >= 4 is 35.0 Å². The molecule has 0 bridgehead atoms. The predicted octanol–water partition coefficient (Wildman–Crippen LogP) is 0.649. The third-order valence-electron chi connectivity index (χ3n) is 1.75. The standard InChI is InChI=1S/C9H10Cl2N4O2/c1-2-12-7(16)4-13-9(17)5-3-6(10)14-15-8(5)11/h3H,2,4H2,1H3,(H,12,16)(H,13,17). The lowest BCUT2D eigenvalue weighted by molar-refractivity contribution is -0.120. The van der Waals surface area contributed by atoms with E-state index in [1.54, 1.807) is 6.92 Å². The third kappa shape index (κ3) is 4.16. The van der Waals surface area contributed by atoms with Gasteiger partial charge in [0.25, 0.3) is 5.91 Å². The van der Waals surface area contributed by atoms with Crippen molar-refractivity contribution in [2.24, 2.45) is 0 Å². The molecule has 0 radical (unpaired) electrons. The monoisotopic (exact) mass is 276 g/mol. The molecule has 2 amide bonds. The van der Waals surface area contributed by atoms with Crippen LogP contribution in [0, 0.1) is 0 Å². The van der Waals surface area contributed by atoms with Crippen molar-refractivity contribution < 1.29 is 9.59 Å². The van der Waals surface area contributed by atoms with E-state index in [0.717, 1.165) is 0 Å². The average Bonchev–Trinajstić information content (AvgIpc) is 2.29. The highest BCUT2D eigenvalue weighted by molar-refractivity contribution is 6.34. The highest BCUT2D eigenvalue weighted by Gasteiger charge is 2.13. The van der Waals surface area contributed by atoms with E-state index in [9.17, 15) is 9.59 Å². The minimum absolute atomic E-state index is 0.0533. The lowest BCUT2D eigenvalue weighted by Gasteiger charge is -2.06. The van der Waals surface area contributed by atoms with Crippen LogP contribution >= 0.6 is 23.2 Å². The summed E-state index contributed by atoms with van der Waals surface area (Å²) in [7, 11) is 0. The maximum atomic E-state index is 11.6. The average molecular weight is 277 g/mol. The van der Waals surface area contributed by atoms with Crippen LogP contribution in [-0.2, 0) is 4.79 Å². The molecule has 1 aromatic rings. The number of nitrogens with one attached hydrogen (secondary N) is 2. The van der Waals surface area contributed by atoms with Crippen molar-refractivity contribution in [1.82, 2.24) is 20.8 Å². The van der Waals surface area contributed by atoms with E-state index in [4.69, 9.17) is 23.2 Å². The van der Waals surface area contributed by atoms with Crippen LogP contribution in [0.1, 0.15) is 17.3 Å². The van der Waals surface area contributed by atoms with Gasteiger partial charge in [-0.3, -0.25) is 9.59 Å². The predicted molar refractivity (Wildman–Crippen MR) is 63.1 cm³/mol. The first-order valence-corrected chi connectivity index (χ1v) is 5.53. The molecular formula is C9H10Cl2N4O2. The second-order valence-electron chi connectivity index (χ2n) is 3.01. The number of rotatable bonds is 4. The normalized spacial score (nSPS) is 9.82. The smallest absolute Gasteiger partial charge is 0.255 e. The molecule has 0 aromatic carbocycles. The summed E-state index contributed by atoms with van der Waals surface area (Å²) in [5.74, 6) is -0.817. The van der Waals surface area contributed by atoms with Crippen LogP contribution in [0.25, 0.3) is 0 Å². The highest BCUT2D eigenvalue weighted by atomic mass is 35.5. The number of hydrogen-bond donors (Lipinski definition) is 2. The van der Waals surface area contributed by atoms with Gasteiger partial charge in [0.2, 0.25) is 5.91 Å². The largest absolute Gasteiger partial charge is 0.355 e. The Morgan fingerprint density at radius 1 is 1.29 bits per heavy atom. The minimum Gasteiger partial charge on any atom is -0.355 e. The fraction of sp³-hybridized carbons (Fsp3) is 0.333. The number of nitrogens with zero attached hydrogens (tertiary/aromatic N) is 2. The highest BCUT2D eigenvalue weighted by Crippen LogP contribution is 2.14. The van der Waals surface area contributed by atoms with E-state index in [2.05, 4.69) is 20.8 Å². The molecule has 0 unspecified atom stereocenters. The quantitative estimate of drug-likeness (QED) is 0.846. The molecule has 0 saturated carbocycles. The summed E-state index contributed by atoms with van der Waals surface area (Å²) >= 11 is 11.3. The second-order valence-corrected chi connectivity index (χ2v) is 3.75. The Hall–Kier alpha value is -1.40. The van der Waals surface area contributed by atoms with Crippen LogP contribution in [0.15, 0.2) is 6.07 Å². The van der Waals surface area contributed by atoms with Crippen molar-refractivity contribution in [3.05, 3.63) is 21.9 Å². The number of likely N-dealkylation sites (N-methyl/N-ethyl adjacent to an activating group) is 1. The SMILES string of the molecule is CCNC(=O)CNC(=O)c1cc(Cl)nnc1Cl. The summed E-state index contributed by atoms with van der Waals surface area (Å²) in [6.07, 6.45) is 0. The lowest BCUT2D eigenvalue weighted by atomic mass is 10.3. The number of carbonyl (C=O) groups is 2. The molecule has 1 rings (SSSR count). The van der Waals surface area contributed by atoms with Gasteiger partial charge in [-0.15, -0.1) is 10.2 Å². The van der Waals surface area contributed by atoms with Crippen LogP contribution in [0.4, 0.5) is 0 Å². The molecule has 0 atom stereocenters. The topological polar surface area (TPSA) is 84.0 Å². The summed E-state index contributed by atoms with van der Waals surface area (Å²) in [6.45, 7) is 2.14. The molecule has 0 aliphatic carbocycles. The van der Waals surface area contributed by atoms with E-state index in [0.29, 0.717) is 6.54 Å². The van der Waals surface area contributed by atoms with Crippen LogP contribution in [0.2, 0.25) is 10.3 Å². The molecular weight excluding hydrogens is 267 g/mol. The Bertz CT molecular complexity index is 439. The van der Waals surface area contributed by atoms with E-state index >= 15 is 0 Å². The molecule has 6 nitrogen and oxygen atoms in total. The van der Waals surface area contributed by atoms with Crippen LogP contribution < -0.4 is 10.6 Å². The van der Waals surface area contributed by atoms with Gasteiger partial charge in [-0.2, -0.15) is 0 Å². The fourth-order valence-corrected chi connectivity index (χ4v) is 1.35. The zero-order valence-corrected chi connectivity index (χ0v) is 10.5. The first-order chi connectivity index (χ1) is 8.04. The van der Waals surface area contributed by atoms with Gasteiger partial charge < -0.3 is 10.6 Å². The maximum Gasteiger partial charge on any atom is 0.255 e. The number of aromatic nitrogens is 2. The number of hydrogen-bond acceptors (Lipinski definition) is 4. The van der Waals surface area contributed by atoms with Gasteiger partial charge in [-0.05, 0) is 13.0 Å². The van der Waals surface area contributed by atoms with Gasteiger partial charge in [0.1, 0.15) is 0 Å². The molecule has 0 aliphatic rings. The molecule has 8 heteroatoms. The molecule has 1 heterocycles. The Labute approximate surface area is 108 Å². The molecule has 0 spiro atoms. The summed E-state index contributed by atoms with van der Waals surface area (Å²) < 4.78 is 0. The van der Waals surface area contributed by atoms with Gasteiger partial charge in [-0.1, -0.05) is 23.2 Å². The number of halogens is 2. The molecule has 1 aromatic heterocycles. The summed E-state index contributed by atoms with van der Waals surface area (Å²) in [6, 6.07) is 1.28. The Kier molecular flexibility index (Phi) is 5.11. The number of carbonyl (C=O) groups excluding carboxylic acids is 2. The molecule has 17 heavy (non-hydrogen) atoms. The third-order valence-corrected chi connectivity index (χ3v) is 2.21. The lowest BCUT2D eigenvalue weighted by Crippen LogP contribution is -2.36. The van der Waals surface area contributed by atoms with Crippen LogP contribution in [0.3, 0.4) is 0 Å².